The lowest BCUT2D eigenvalue weighted by molar-refractivity contribution is -0.129. The predicted octanol–water partition coefficient (Wildman–Crippen LogP) is 1.32. The summed E-state index contributed by atoms with van der Waals surface area (Å²) in [5.74, 6) is -1.13. The largest absolute Gasteiger partial charge is 0.477 e. The Hall–Kier alpha value is -1.84. The third-order valence-corrected chi connectivity index (χ3v) is 2.37. The highest BCUT2D eigenvalue weighted by molar-refractivity contribution is 6.36. The standard InChI is InChI=1S/C11H11NO3/c13-11(14)10-9(7-15-12-10)6-8-4-2-1-3-5-8/h1-5,9H,6-7H2,(H,13,14). The molecular formula is C11H11NO3. The van der Waals surface area contributed by atoms with Gasteiger partial charge in [-0.15, -0.1) is 0 Å². The van der Waals surface area contributed by atoms with Crippen LogP contribution in [-0.2, 0) is 16.1 Å². The molecule has 0 bridgehead atoms. The SMILES string of the molecule is O=C(O)C1=NOCC1Cc1ccccc1. The minimum Gasteiger partial charge on any atom is -0.477 e. The van der Waals surface area contributed by atoms with Gasteiger partial charge < -0.3 is 9.94 Å². The van der Waals surface area contributed by atoms with E-state index in [0.717, 1.165) is 5.56 Å². The Labute approximate surface area is 87.2 Å². The Morgan fingerprint density at radius 1 is 1.47 bits per heavy atom. The van der Waals surface area contributed by atoms with Crippen molar-refractivity contribution >= 4 is 11.7 Å². The highest BCUT2D eigenvalue weighted by Crippen LogP contribution is 2.16. The molecule has 0 fully saturated rings. The number of hydrogen-bond acceptors (Lipinski definition) is 3. The van der Waals surface area contributed by atoms with Crippen molar-refractivity contribution in [2.75, 3.05) is 6.61 Å². The van der Waals surface area contributed by atoms with Gasteiger partial charge in [-0.1, -0.05) is 35.5 Å². The van der Waals surface area contributed by atoms with Crippen LogP contribution in [0.4, 0.5) is 0 Å². The van der Waals surface area contributed by atoms with Crippen LogP contribution in [0.1, 0.15) is 5.56 Å². The van der Waals surface area contributed by atoms with Crippen molar-refractivity contribution in [1.82, 2.24) is 0 Å². The summed E-state index contributed by atoms with van der Waals surface area (Å²) in [5, 5.41) is 12.4. The van der Waals surface area contributed by atoms with Gasteiger partial charge >= 0.3 is 5.97 Å². The van der Waals surface area contributed by atoms with Crippen LogP contribution >= 0.6 is 0 Å². The zero-order valence-corrected chi connectivity index (χ0v) is 8.09. The molecular weight excluding hydrogens is 194 g/mol. The molecule has 1 atom stereocenters. The zero-order chi connectivity index (χ0) is 10.7. The second-order valence-corrected chi connectivity index (χ2v) is 3.46. The molecule has 15 heavy (non-hydrogen) atoms. The van der Waals surface area contributed by atoms with Gasteiger partial charge in [0.05, 0.1) is 5.92 Å². The normalized spacial score (nSPS) is 19.5. The number of benzene rings is 1. The molecule has 0 spiro atoms. The number of nitrogens with zero attached hydrogens (tertiary/aromatic N) is 1. The second kappa shape index (κ2) is 4.13. The van der Waals surface area contributed by atoms with Gasteiger partial charge in [0.2, 0.25) is 0 Å². The summed E-state index contributed by atoms with van der Waals surface area (Å²) in [7, 11) is 0. The first kappa shape index (κ1) is 9.71. The van der Waals surface area contributed by atoms with Crippen molar-refractivity contribution < 1.29 is 14.7 Å². The first-order valence-electron chi connectivity index (χ1n) is 4.74. The first-order chi connectivity index (χ1) is 7.27. The lowest BCUT2D eigenvalue weighted by Gasteiger charge is -2.07. The van der Waals surface area contributed by atoms with Crippen LogP contribution < -0.4 is 0 Å². The predicted molar refractivity (Wildman–Crippen MR) is 54.7 cm³/mol. The second-order valence-electron chi connectivity index (χ2n) is 3.46. The summed E-state index contributed by atoms with van der Waals surface area (Å²) in [5.41, 5.74) is 1.22. The van der Waals surface area contributed by atoms with E-state index in [9.17, 15) is 4.79 Å². The number of hydrogen-bond donors (Lipinski definition) is 1. The molecule has 0 radical (unpaired) electrons. The van der Waals surface area contributed by atoms with E-state index in [0.29, 0.717) is 13.0 Å². The summed E-state index contributed by atoms with van der Waals surface area (Å²) in [6.45, 7) is 0.358. The molecule has 78 valence electrons. The summed E-state index contributed by atoms with van der Waals surface area (Å²) in [6, 6.07) is 9.74. The van der Waals surface area contributed by atoms with Gasteiger partial charge in [-0.3, -0.25) is 0 Å². The maximum absolute atomic E-state index is 10.8. The molecule has 1 aliphatic heterocycles. The molecule has 4 nitrogen and oxygen atoms in total. The van der Waals surface area contributed by atoms with Crippen molar-refractivity contribution in [3.05, 3.63) is 35.9 Å². The van der Waals surface area contributed by atoms with Gasteiger partial charge in [-0.25, -0.2) is 4.79 Å². The van der Waals surface area contributed by atoms with E-state index in [4.69, 9.17) is 9.94 Å². The van der Waals surface area contributed by atoms with Crippen LogP contribution in [0.15, 0.2) is 35.5 Å². The Balaban J connectivity index is 2.08. The van der Waals surface area contributed by atoms with Gasteiger partial charge in [0.15, 0.2) is 5.71 Å². The third kappa shape index (κ3) is 2.15. The lowest BCUT2D eigenvalue weighted by Crippen LogP contribution is -2.23. The van der Waals surface area contributed by atoms with Crippen LogP contribution in [0.25, 0.3) is 0 Å². The minimum atomic E-state index is -0.992. The van der Waals surface area contributed by atoms with Crippen molar-refractivity contribution in [2.24, 2.45) is 11.1 Å². The quantitative estimate of drug-likeness (QED) is 0.809. The summed E-state index contributed by atoms with van der Waals surface area (Å²) >= 11 is 0. The Bertz CT molecular complexity index is 386. The van der Waals surface area contributed by atoms with Crippen LogP contribution in [0, 0.1) is 5.92 Å². The molecule has 1 heterocycles. The van der Waals surface area contributed by atoms with E-state index >= 15 is 0 Å². The molecule has 0 aromatic heterocycles. The van der Waals surface area contributed by atoms with E-state index in [-0.39, 0.29) is 11.6 Å². The highest BCUT2D eigenvalue weighted by Gasteiger charge is 2.28. The topological polar surface area (TPSA) is 58.9 Å². The Kier molecular flexibility index (Phi) is 2.67. The molecule has 1 N–H and O–H groups in total. The molecule has 2 rings (SSSR count). The van der Waals surface area contributed by atoms with Crippen molar-refractivity contribution in [3.63, 3.8) is 0 Å². The summed E-state index contributed by atoms with van der Waals surface area (Å²) in [6.07, 6.45) is 0.659. The molecule has 0 saturated heterocycles. The van der Waals surface area contributed by atoms with Crippen LogP contribution in [0.2, 0.25) is 0 Å². The van der Waals surface area contributed by atoms with Crippen molar-refractivity contribution in [1.29, 1.82) is 0 Å². The smallest absolute Gasteiger partial charge is 0.354 e. The molecule has 1 unspecified atom stereocenters. The van der Waals surface area contributed by atoms with E-state index < -0.39 is 5.97 Å². The molecule has 4 heteroatoms. The van der Waals surface area contributed by atoms with Gasteiger partial charge in [-0.05, 0) is 12.0 Å². The monoisotopic (exact) mass is 205 g/mol. The van der Waals surface area contributed by atoms with Gasteiger partial charge in [-0.2, -0.15) is 0 Å². The minimum absolute atomic E-state index is 0.124. The van der Waals surface area contributed by atoms with Crippen molar-refractivity contribution in [2.45, 2.75) is 6.42 Å². The number of rotatable bonds is 3. The number of carboxylic acids is 1. The summed E-state index contributed by atoms with van der Waals surface area (Å²) in [4.78, 5) is 15.6. The fourth-order valence-corrected chi connectivity index (χ4v) is 1.62. The Morgan fingerprint density at radius 2 is 2.20 bits per heavy atom. The molecule has 0 aliphatic carbocycles. The fraction of sp³-hybridized carbons (Fsp3) is 0.273. The average molecular weight is 205 g/mol. The zero-order valence-electron chi connectivity index (χ0n) is 8.09. The van der Waals surface area contributed by atoms with Gasteiger partial charge in [0, 0.05) is 0 Å². The Morgan fingerprint density at radius 3 is 2.87 bits per heavy atom. The van der Waals surface area contributed by atoms with Crippen LogP contribution in [0.5, 0.6) is 0 Å². The van der Waals surface area contributed by atoms with Gasteiger partial charge in [0.25, 0.3) is 0 Å². The summed E-state index contributed by atoms with van der Waals surface area (Å²) < 4.78 is 0. The molecule has 1 aromatic rings. The van der Waals surface area contributed by atoms with E-state index in [1.54, 1.807) is 0 Å². The van der Waals surface area contributed by atoms with Crippen molar-refractivity contribution in [3.8, 4) is 0 Å². The molecule has 1 aliphatic rings. The number of aliphatic carboxylic acids is 1. The van der Waals surface area contributed by atoms with Crippen LogP contribution in [-0.4, -0.2) is 23.4 Å². The number of oxime groups is 1. The fourth-order valence-electron chi connectivity index (χ4n) is 1.62. The van der Waals surface area contributed by atoms with Crippen LogP contribution in [0.3, 0.4) is 0 Å². The molecule has 1 aromatic carbocycles. The maximum atomic E-state index is 10.8. The maximum Gasteiger partial charge on any atom is 0.354 e. The first-order valence-corrected chi connectivity index (χ1v) is 4.74. The van der Waals surface area contributed by atoms with E-state index in [1.165, 1.54) is 0 Å². The molecule has 0 amide bonds. The highest BCUT2D eigenvalue weighted by atomic mass is 16.6. The van der Waals surface area contributed by atoms with Gasteiger partial charge in [0.1, 0.15) is 6.61 Å². The average Bonchev–Trinajstić information content (AvgIpc) is 2.67. The number of carbonyl (C=O) groups is 1. The number of carboxylic acid groups (broad SMARTS) is 1. The molecule has 0 saturated carbocycles. The van der Waals surface area contributed by atoms with E-state index in [2.05, 4.69) is 5.16 Å². The lowest BCUT2D eigenvalue weighted by atomic mass is 9.96. The van der Waals surface area contributed by atoms with E-state index in [1.807, 2.05) is 30.3 Å². The third-order valence-electron chi connectivity index (χ3n) is 2.37.